The van der Waals surface area contributed by atoms with Crippen molar-refractivity contribution < 1.29 is 23.3 Å². The Bertz CT molecular complexity index is 557. The highest BCUT2D eigenvalue weighted by atomic mass is 32.5. The van der Waals surface area contributed by atoms with E-state index in [2.05, 4.69) is 5.32 Å². The van der Waals surface area contributed by atoms with E-state index < -0.39 is 12.6 Å². The molecule has 1 N–H and O–H groups in total. The number of benzene rings is 1. The number of hydrogen-bond donors (Lipinski definition) is 1. The van der Waals surface area contributed by atoms with Crippen molar-refractivity contribution in [3.05, 3.63) is 24.3 Å². The minimum Gasteiger partial charge on any atom is -0.487 e. The second-order valence-electron chi connectivity index (χ2n) is 5.10. The van der Waals surface area contributed by atoms with Gasteiger partial charge in [0.25, 0.3) is 0 Å². The Balaban J connectivity index is 2.54. The van der Waals surface area contributed by atoms with Crippen LogP contribution in [0.15, 0.2) is 24.3 Å². The highest BCUT2D eigenvalue weighted by Gasteiger charge is 2.18. The Morgan fingerprint density at radius 3 is 2.29 bits per heavy atom. The lowest BCUT2D eigenvalue weighted by Crippen LogP contribution is -2.30. The molecule has 0 saturated carbocycles. The number of amides is 1. The first-order chi connectivity index (χ1) is 11.4. The fourth-order valence-corrected chi connectivity index (χ4v) is 4.29. The summed E-state index contributed by atoms with van der Waals surface area (Å²) in [6.45, 7) is 6.50. The van der Waals surface area contributed by atoms with Crippen LogP contribution in [0.5, 0.6) is 11.5 Å². The Hall–Kier alpha value is -1.14. The summed E-state index contributed by atoms with van der Waals surface area (Å²) in [4.78, 5) is 12.0. The highest BCUT2D eigenvalue weighted by Crippen LogP contribution is 2.47. The number of hydrogen-bond acceptors (Lipinski definition) is 6. The number of nitrogens with one attached hydrogen (secondary N) is 1. The third-order valence-corrected chi connectivity index (χ3v) is 5.98. The summed E-state index contributed by atoms with van der Waals surface area (Å²) in [6, 6.07) is 7.04. The van der Waals surface area contributed by atoms with Crippen LogP contribution in [-0.2, 0) is 20.9 Å². The molecule has 0 atom stereocenters. The zero-order valence-electron chi connectivity index (χ0n) is 14.6. The third-order valence-electron chi connectivity index (χ3n) is 2.72. The number of carbonyl (C=O) groups is 1. The zero-order valence-corrected chi connectivity index (χ0v) is 16.3. The molecular formula is C16H26NO5PS. The van der Waals surface area contributed by atoms with Crippen LogP contribution >= 0.6 is 6.49 Å². The molecule has 0 radical (unpaired) electrons. The van der Waals surface area contributed by atoms with Gasteiger partial charge < -0.3 is 23.8 Å². The summed E-state index contributed by atoms with van der Waals surface area (Å²) >= 11 is 5.40. The lowest BCUT2D eigenvalue weighted by Gasteiger charge is -2.21. The molecule has 0 unspecified atom stereocenters. The molecular weight excluding hydrogens is 349 g/mol. The van der Waals surface area contributed by atoms with Crippen molar-refractivity contribution >= 4 is 24.4 Å². The van der Waals surface area contributed by atoms with Gasteiger partial charge in [-0.05, 0) is 51.6 Å². The molecule has 0 fully saturated rings. The molecule has 0 aliphatic heterocycles. The predicted molar refractivity (Wildman–Crippen MR) is 98.6 cm³/mol. The average molecular weight is 375 g/mol. The first-order valence-corrected chi connectivity index (χ1v) is 10.8. The summed E-state index contributed by atoms with van der Waals surface area (Å²) < 4.78 is 22.0. The number of para-hydroxylation sites is 2. The van der Waals surface area contributed by atoms with Gasteiger partial charge in [0.15, 0.2) is 18.0 Å². The fourth-order valence-electron chi connectivity index (χ4n) is 1.88. The zero-order chi connectivity index (χ0) is 18.0. The maximum atomic E-state index is 12.0. The smallest absolute Gasteiger partial charge is 0.412 e. The van der Waals surface area contributed by atoms with Crippen molar-refractivity contribution in [2.45, 2.75) is 33.8 Å². The van der Waals surface area contributed by atoms with Crippen molar-refractivity contribution in [1.82, 2.24) is 5.32 Å². The molecule has 1 aromatic carbocycles. The first-order valence-electron chi connectivity index (χ1n) is 7.99. The first kappa shape index (κ1) is 20.9. The van der Waals surface area contributed by atoms with Crippen molar-refractivity contribution in [1.29, 1.82) is 0 Å². The van der Waals surface area contributed by atoms with Crippen LogP contribution in [0.1, 0.15) is 27.7 Å². The van der Waals surface area contributed by atoms with E-state index in [0.29, 0.717) is 37.4 Å². The molecule has 6 nitrogen and oxygen atoms in total. The van der Waals surface area contributed by atoms with Crippen LogP contribution in [0.2, 0.25) is 0 Å². The van der Waals surface area contributed by atoms with Gasteiger partial charge in [-0.15, -0.1) is 0 Å². The van der Waals surface area contributed by atoms with Crippen LogP contribution in [0, 0.1) is 0 Å². The lowest BCUT2D eigenvalue weighted by molar-refractivity contribution is 0.192. The SMILES string of the molecule is CCOP(=S)(CCNC(=O)Oc1ccccc1OC(C)C)OCC. The Kier molecular flexibility index (Phi) is 9.29. The quantitative estimate of drug-likeness (QED) is 0.625. The predicted octanol–water partition coefficient (Wildman–Crippen LogP) is 3.94. The highest BCUT2D eigenvalue weighted by molar-refractivity contribution is 8.09. The lowest BCUT2D eigenvalue weighted by atomic mass is 10.3. The summed E-state index contributed by atoms with van der Waals surface area (Å²) in [5.41, 5.74) is 0. The molecule has 1 amide bonds. The Labute approximate surface area is 149 Å². The molecule has 0 saturated heterocycles. The topological polar surface area (TPSA) is 66.0 Å². The third kappa shape index (κ3) is 7.62. The van der Waals surface area contributed by atoms with Crippen LogP contribution < -0.4 is 14.8 Å². The molecule has 0 bridgehead atoms. The van der Waals surface area contributed by atoms with Crippen LogP contribution in [0.4, 0.5) is 4.79 Å². The van der Waals surface area contributed by atoms with Crippen molar-refractivity contribution in [3.63, 3.8) is 0 Å². The summed E-state index contributed by atoms with van der Waals surface area (Å²) in [6.07, 6.45) is -0.131. The van der Waals surface area contributed by atoms with Gasteiger partial charge in [0.2, 0.25) is 0 Å². The van der Waals surface area contributed by atoms with E-state index in [0.717, 1.165) is 0 Å². The van der Waals surface area contributed by atoms with Crippen molar-refractivity contribution in [3.8, 4) is 11.5 Å². The summed E-state index contributed by atoms with van der Waals surface area (Å²) in [5.74, 6) is 0.897. The van der Waals surface area contributed by atoms with Crippen LogP contribution in [0.25, 0.3) is 0 Å². The number of rotatable bonds is 10. The molecule has 0 spiro atoms. The van der Waals surface area contributed by atoms with E-state index in [-0.39, 0.29) is 6.10 Å². The second-order valence-corrected chi connectivity index (χ2v) is 8.95. The summed E-state index contributed by atoms with van der Waals surface area (Å²) in [7, 11) is 0. The molecule has 8 heteroatoms. The van der Waals surface area contributed by atoms with Gasteiger partial charge in [-0.3, -0.25) is 0 Å². The van der Waals surface area contributed by atoms with Gasteiger partial charge in [0.05, 0.1) is 19.3 Å². The normalized spacial score (nSPS) is 11.4. The number of carbonyl (C=O) groups excluding carboxylic acids is 1. The monoisotopic (exact) mass is 375 g/mol. The van der Waals surface area contributed by atoms with Gasteiger partial charge in [0, 0.05) is 12.7 Å². The minimum absolute atomic E-state index is 0.0131. The maximum absolute atomic E-state index is 12.0. The van der Waals surface area contributed by atoms with E-state index in [4.69, 9.17) is 30.3 Å². The van der Waals surface area contributed by atoms with Gasteiger partial charge in [-0.25, -0.2) is 4.79 Å². The molecule has 0 aliphatic rings. The van der Waals surface area contributed by atoms with Gasteiger partial charge in [-0.2, -0.15) is 0 Å². The molecule has 24 heavy (non-hydrogen) atoms. The largest absolute Gasteiger partial charge is 0.487 e. The molecule has 0 aromatic heterocycles. The second kappa shape index (κ2) is 10.7. The molecule has 1 rings (SSSR count). The molecule has 136 valence electrons. The van der Waals surface area contributed by atoms with Gasteiger partial charge in [-0.1, -0.05) is 12.1 Å². The maximum Gasteiger partial charge on any atom is 0.412 e. The average Bonchev–Trinajstić information content (AvgIpc) is 2.49. The Morgan fingerprint density at radius 1 is 1.17 bits per heavy atom. The van der Waals surface area contributed by atoms with E-state index in [9.17, 15) is 4.79 Å². The van der Waals surface area contributed by atoms with Crippen molar-refractivity contribution in [2.75, 3.05) is 25.9 Å². The van der Waals surface area contributed by atoms with Gasteiger partial charge in [0.1, 0.15) is 0 Å². The molecule has 0 aliphatic carbocycles. The Morgan fingerprint density at radius 2 is 1.75 bits per heavy atom. The van der Waals surface area contributed by atoms with E-state index >= 15 is 0 Å². The van der Waals surface area contributed by atoms with Crippen LogP contribution in [-0.4, -0.2) is 38.1 Å². The van der Waals surface area contributed by atoms with E-state index in [1.807, 2.05) is 33.8 Å². The number of ether oxygens (including phenoxy) is 2. The molecule has 0 heterocycles. The standard InChI is InChI=1S/C16H26NO5PS/c1-5-19-23(24,20-6-2)12-11-17-16(18)22-15-10-8-7-9-14(15)21-13(3)4/h7-10,13H,5-6,11-12H2,1-4H3,(H,17,18). The fraction of sp³-hybridized carbons (Fsp3) is 0.562. The summed E-state index contributed by atoms with van der Waals surface area (Å²) in [5, 5.41) is 2.67. The van der Waals surface area contributed by atoms with Crippen molar-refractivity contribution in [2.24, 2.45) is 0 Å². The van der Waals surface area contributed by atoms with E-state index in [1.54, 1.807) is 18.2 Å². The van der Waals surface area contributed by atoms with Gasteiger partial charge >= 0.3 is 6.09 Å². The molecule has 1 aromatic rings. The van der Waals surface area contributed by atoms with Crippen LogP contribution in [0.3, 0.4) is 0 Å². The minimum atomic E-state index is -2.35. The van der Waals surface area contributed by atoms with E-state index in [1.165, 1.54) is 0 Å².